The molecule has 0 spiro atoms. The number of aromatic nitrogens is 3. The standard InChI is InChI=1S/C19H23ClN6/c20-14-3-1-2-12(10-14)11-24-17-16(13-4-6-15(21)7-5-13)18(22)25-26-9-8-23-19(17)26/h1-3,8-10,13,15,24H,4-7,11,21H2,(H2,22,25)/t13-,15-. The van der Waals surface area contributed by atoms with Gasteiger partial charge in [-0.1, -0.05) is 23.7 Å². The van der Waals surface area contributed by atoms with Gasteiger partial charge in [0.05, 0.1) is 5.69 Å². The van der Waals surface area contributed by atoms with E-state index in [-0.39, 0.29) is 0 Å². The van der Waals surface area contributed by atoms with Crippen LogP contribution in [0, 0.1) is 0 Å². The van der Waals surface area contributed by atoms with Gasteiger partial charge < -0.3 is 16.8 Å². The number of fused-ring (bicyclic) bond motifs is 1. The molecular formula is C19H23ClN6. The van der Waals surface area contributed by atoms with Gasteiger partial charge in [0.2, 0.25) is 0 Å². The van der Waals surface area contributed by atoms with Gasteiger partial charge in [-0.2, -0.15) is 0 Å². The van der Waals surface area contributed by atoms with Gasteiger partial charge in [-0.05, 0) is 49.3 Å². The molecule has 0 amide bonds. The molecule has 0 aliphatic heterocycles. The predicted octanol–water partition coefficient (Wildman–Crippen LogP) is 3.56. The van der Waals surface area contributed by atoms with E-state index in [9.17, 15) is 0 Å². The monoisotopic (exact) mass is 370 g/mol. The Morgan fingerprint density at radius 2 is 2.04 bits per heavy atom. The van der Waals surface area contributed by atoms with Crippen LogP contribution in [0.5, 0.6) is 0 Å². The molecule has 6 nitrogen and oxygen atoms in total. The van der Waals surface area contributed by atoms with Crippen molar-refractivity contribution in [2.24, 2.45) is 5.73 Å². The van der Waals surface area contributed by atoms with Gasteiger partial charge in [0.15, 0.2) is 5.65 Å². The maximum absolute atomic E-state index is 6.35. The maximum atomic E-state index is 6.35. The summed E-state index contributed by atoms with van der Waals surface area (Å²) in [5.74, 6) is 0.912. The fraction of sp³-hybridized carbons (Fsp3) is 0.368. The van der Waals surface area contributed by atoms with Crippen LogP contribution in [0.25, 0.3) is 5.65 Å². The second-order valence-corrected chi connectivity index (χ2v) is 7.40. The Balaban J connectivity index is 1.70. The molecule has 1 aromatic carbocycles. The molecule has 5 N–H and O–H groups in total. The highest BCUT2D eigenvalue weighted by Crippen LogP contribution is 2.40. The van der Waals surface area contributed by atoms with E-state index in [1.165, 1.54) is 0 Å². The molecule has 0 bridgehead atoms. The zero-order valence-electron chi connectivity index (χ0n) is 14.5. The predicted molar refractivity (Wildman–Crippen MR) is 105 cm³/mol. The molecule has 2 aromatic heterocycles. The second-order valence-electron chi connectivity index (χ2n) is 6.96. The van der Waals surface area contributed by atoms with Crippen LogP contribution in [0.15, 0.2) is 36.7 Å². The molecule has 4 rings (SSSR count). The fourth-order valence-corrected chi connectivity index (χ4v) is 4.02. The summed E-state index contributed by atoms with van der Waals surface area (Å²) >= 11 is 6.11. The molecule has 0 unspecified atom stereocenters. The Hall–Kier alpha value is -2.31. The third-order valence-electron chi connectivity index (χ3n) is 5.14. The van der Waals surface area contributed by atoms with Crippen LogP contribution in [0.3, 0.4) is 0 Å². The molecule has 2 heterocycles. The van der Waals surface area contributed by atoms with Crippen molar-refractivity contribution in [2.45, 2.75) is 44.2 Å². The Labute approximate surface area is 157 Å². The lowest BCUT2D eigenvalue weighted by atomic mass is 9.81. The van der Waals surface area contributed by atoms with Crippen LogP contribution in [0.2, 0.25) is 5.02 Å². The number of nitrogens with two attached hydrogens (primary N) is 2. The average Bonchev–Trinajstić information content (AvgIpc) is 3.08. The second kappa shape index (κ2) is 7.13. The summed E-state index contributed by atoms with van der Waals surface area (Å²) in [6.45, 7) is 0.645. The third kappa shape index (κ3) is 3.34. The van der Waals surface area contributed by atoms with Crippen LogP contribution in [-0.2, 0) is 6.54 Å². The smallest absolute Gasteiger partial charge is 0.177 e. The molecule has 1 aliphatic carbocycles. The minimum absolute atomic E-state index is 0.290. The number of benzene rings is 1. The van der Waals surface area contributed by atoms with Gasteiger partial charge in [-0.3, -0.25) is 0 Å². The minimum atomic E-state index is 0.290. The molecule has 0 atom stereocenters. The maximum Gasteiger partial charge on any atom is 0.177 e. The SMILES string of the molecule is Nc1nn2ccnc2c(NCc2cccc(Cl)c2)c1[C@H]1CC[C@H](N)CC1. The van der Waals surface area contributed by atoms with Crippen molar-refractivity contribution in [3.63, 3.8) is 0 Å². The number of rotatable bonds is 4. The molecule has 26 heavy (non-hydrogen) atoms. The summed E-state index contributed by atoms with van der Waals surface area (Å²) in [7, 11) is 0. The van der Waals surface area contributed by atoms with Gasteiger partial charge in [0, 0.05) is 35.6 Å². The molecule has 0 saturated heterocycles. The van der Waals surface area contributed by atoms with E-state index in [4.69, 9.17) is 23.1 Å². The molecule has 1 aliphatic rings. The number of hydrogen-bond donors (Lipinski definition) is 3. The third-order valence-corrected chi connectivity index (χ3v) is 5.38. The Bertz CT molecular complexity index is 914. The highest BCUT2D eigenvalue weighted by molar-refractivity contribution is 6.30. The van der Waals surface area contributed by atoms with Gasteiger partial charge in [0.1, 0.15) is 5.82 Å². The van der Waals surface area contributed by atoms with Crippen molar-refractivity contribution >= 4 is 28.8 Å². The van der Waals surface area contributed by atoms with E-state index in [0.717, 1.165) is 53.2 Å². The number of imidazole rings is 1. The van der Waals surface area contributed by atoms with E-state index in [1.54, 1.807) is 10.7 Å². The molecular weight excluding hydrogens is 348 g/mol. The first-order chi connectivity index (χ1) is 12.6. The first-order valence-corrected chi connectivity index (χ1v) is 9.36. The van der Waals surface area contributed by atoms with Gasteiger partial charge in [0.25, 0.3) is 0 Å². The first kappa shape index (κ1) is 17.1. The normalized spacial score (nSPS) is 20.4. The number of halogens is 1. The van der Waals surface area contributed by atoms with Crippen molar-refractivity contribution in [2.75, 3.05) is 11.1 Å². The van der Waals surface area contributed by atoms with Gasteiger partial charge in [-0.25, -0.2) is 9.50 Å². The van der Waals surface area contributed by atoms with E-state index < -0.39 is 0 Å². The van der Waals surface area contributed by atoms with Gasteiger partial charge in [-0.15, -0.1) is 5.10 Å². The summed E-state index contributed by atoms with van der Waals surface area (Å²) in [5.41, 5.74) is 16.4. The lowest BCUT2D eigenvalue weighted by molar-refractivity contribution is 0.396. The van der Waals surface area contributed by atoms with Crippen molar-refractivity contribution in [1.29, 1.82) is 0 Å². The van der Waals surface area contributed by atoms with Crippen molar-refractivity contribution in [3.05, 3.63) is 52.8 Å². The lowest BCUT2D eigenvalue weighted by Gasteiger charge is -2.28. The van der Waals surface area contributed by atoms with Crippen molar-refractivity contribution in [3.8, 4) is 0 Å². The van der Waals surface area contributed by atoms with Crippen LogP contribution in [0.4, 0.5) is 11.5 Å². The average molecular weight is 371 g/mol. The molecule has 0 radical (unpaired) electrons. The Morgan fingerprint density at radius 3 is 2.81 bits per heavy atom. The highest BCUT2D eigenvalue weighted by Gasteiger charge is 2.26. The quantitative estimate of drug-likeness (QED) is 0.652. The van der Waals surface area contributed by atoms with E-state index in [1.807, 2.05) is 30.5 Å². The molecule has 136 valence electrons. The number of hydrogen-bond acceptors (Lipinski definition) is 5. The fourth-order valence-electron chi connectivity index (χ4n) is 3.81. The summed E-state index contributed by atoms with van der Waals surface area (Å²) < 4.78 is 1.73. The number of nitrogens with one attached hydrogen (secondary N) is 1. The Kier molecular flexibility index (Phi) is 4.70. The number of anilines is 2. The lowest BCUT2D eigenvalue weighted by Crippen LogP contribution is -2.26. The van der Waals surface area contributed by atoms with Crippen LogP contribution >= 0.6 is 11.6 Å². The summed E-state index contributed by atoms with van der Waals surface area (Å²) in [4.78, 5) is 4.49. The molecule has 3 aromatic rings. The highest BCUT2D eigenvalue weighted by atomic mass is 35.5. The summed E-state index contributed by atoms with van der Waals surface area (Å²) in [5, 5.41) is 8.77. The number of nitrogens with zero attached hydrogens (tertiary/aromatic N) is 3. The Morgan fingerprint density at radius 1 is 1.23 bits per heavy atom. The zero-order chi connectivity index (χ0) is 18.1. The van der Waals surface area contributed by atoms with Crippen molar-refractivity contribution in [1.82, 2.24) is 14.6 Å². The van der Waals surface area contributed by atoms with E-state index in [2.05, 4.69) is 15.4 Å². The first-order valence-electron chi connectivity index (χ1n) is 8.98. The number of nitrogen functional groups attached to an aromatic ring is 1. The zero-order valence-corrected chi connectivity index (χ0v) is 15.3. The molecule has 1 saturated carbocycles. The van der Waals surface area contributed by atoms with E-state index >= 15 is 0 Å². The van der Waals surface area contributed by atoms with Crippen LogP contribution in [0.1, 0.15) is 42.7 Å². The summed E-state index contributed by atoms with van der Waals surface area (Å²) in [6, 6.07) is 8.12. The van der Waals surface area contributed by atoms with E-state index in [0.29, 0.717) is 24.3 Å². The molecule has 7 heteroatoms. The largest absolute Gasteiger partial charge is 0.382 e. The van der Waals surface area contributed by atoms with Crippen LogP contribution in [-0.4, -0.2) is 20.6 Å². The summed E-state index contributed by atoms with van der Waals surface area (Å²) in [6.07, 6.45) is 7.63. The molecule has 1 fully saturated rings. The minimum Gasteiger partial charge on any atom is -0.382 e. The van der Waals surface area contributed by atoms with Crippen LogP contribution < -0.4 is 16.8 Å². The topological polar surface area (TPSA) is 94.3 Å². The van der Waals surface area contributed by atoms with Crippen molar-refractivity contribution < 1.29 is 0 Å². The van der Waals surface area contributed by atoms with Gasteiger partial charge >= 0.3 is 0 Å².